The maximum atomic E-state index is 3.74. The fourth-order valence-corrected chi connectivity index (χ4v) is 1.92. The highest BCUT2D eigenvalue weighted by Crippen LogP contribution is 2.32. The molecule has 0 bridgehead atoms. The second-order valence-electron chi connectivity index (χ2n) is 4.98. The van der Waals surface area contributed by atoms with Gasteiger partial charge in [-0.2, -0.15) is 0 Å². The van der Waals surface area contributed by atoms with Crippen LogP contribution in [0.1, 0.15) is 44.0 Å². The van der Waals surface area contributed by atoms with E-state index < -0.39 is 0 Å². The molecule has 78 valence electrons. The van der Waals surface area contributed by atoms with Crippen LogP contribution in [0.2, 0.25) is 0 Å². The fraction of sp³-hybridized carbons (Fsp3) is 0.538. The molecule has 1 heteroatoms. The Hall–Kier alpha value is -0.300. The molecule has 0 saturated heterocycles. The summed E-state index contributed by atoms with van der Waals surface area (Å²) in [6.45, 7) is 6.87. The van der Waals surface area contributed by atoms with Gasteiger partial charge in [0, 0.05) is 4.83 Å². The first kappa shape index (κ1) is 11.8. The number of rotatable bonds is 3. The second kappa shape index (κ2) is 4.97. The van der Waals surface area contributed by atoms with Crippen molar-refractivity contribution in [3.63, 3.8) is 0 Å². The van der Waals surface area contributed by atoms with Crippen LogP contribution in [0, 0.1) is 5.41 Å². The topological polar surface area (TPSA) is 0 Å². The molecule has 0 aliphatic carbocycles. The monoisotopic (exact) mass is 254 g/mol. The Morgan fingerprint density at radius 1 is 1.14 bits per heavy atom. The van der Waals surface area contributed by atoms with E-state index in [9.17, 15) is 0 Å². The SMILES string of the molecule is CC(C)(C)CCC(Br)c1ccccc1. The molecule has 0 heterocycles. The van der Waals surface area contributed by atoms with Crippen LogP contribution >= 0.6 is 15.9 Å². The van der Waals surface area contributed by atoms with Crippen molar-refractivity contribution in [1.82, 2.24) is 0 Å². The van der Waals surface area contributed by atoms with E-state index >= 15 is 0 Å². The molecular weight excluding hydrogens is 236 g/mol. The zero-order chi connectivity index (χ0) is 10.6. The molecule has 0 fully saturated rings. The Morgan fingerprint density at radius 3 is 2.21 bits per heavy atom. The van der Waals surface area contributed by atoms with E-state index in [0.29, 0.717) is 10.2 Å². The summed E-state index contributed by atoms with van der Waals surface area (Å²) in [5, 5.41) is 0. The Labute approximate surface area is 95.9 Å². The van der Waals surface area contributed by atoms with Gasteiger partial charge in [-0.25, -0.2) is 0 Å². The fourth-order valence-electron chi connectivity index (χ4n) is 1.39. The van der Waals surface area contributed by atoms with Crippen molar-refractivity contribution >= 4 is 15.9 Å². The van der Waals surface area contributed by atoms with Crippen LogP contribution < -0.4 is 0 Å². The third-order valence-corrected chi connectivity index (χ3v) is 3.30. The molecule has 1 atom stereocenters. The lowest BCUT2D eigenvalue weighted by Gasteiger charge is -2.20. The molecular formula is C13H19Br. The maximum absolute atomic E-state index is 3.74. The molecule has 1 unspecified atom stereocenters. The van der Waals surface area contributed by atoms with Gasteiger partial charge in [0.05, 0.1) is 0 Å². The normalized spacial score (nSPS) is 14.0. The van der Waals surface area contributed by atoms with Gasteiger partial charge < -0.3 is 0 Å². The average Bonchev–Trinajstić information content (AvgIpc) is 2.14. The van der Waals surface area contributed by atoms with Crippen LogP contribution in [0.4, 0.5) is 0 Å². The van der Waals surface area contributed by atoms with E-state index in [-0.39, 0.29) is 0 Å². The van der Waals surface area contributed by atoms with Crippen LogP contribution in [0.25, 0.3) is 0 Å². The molecule has 0 aliphatic heterocycles. The summed E-state index contributed by atoms with van der Waals surface area (Å²) in [4.78, 5) is 0.503. The van der Waals surface area contributed by atoms with Gasteiger partial charge in [-0.3, -0.25) is 0 Å². The molecule has 0 amide bonds. The predicted octanol–water partition coefficient (Wildman–Crippen LogP) is 4.95. The molecule has 0 spiro atoms. The van der Waals surface area contributed by atoms with E-state index in [2.05, 4.69) is 67.0 Å². The Balaban J connectivity index is 2.48. The third-order valence-electron chi connectivity index (χ3n) is 2.31. The second-order valence-corrected chi connectivity index (χ2v) is 6.08. The van der Waals surface area contributed by atoms with E-state index in [1.54, 1.807) is 0 Å². The van der Waals surface area contributed by atoms with Crippen molar-refractivity contribution in [1.29, 1.82) is 0 Å². The van der Waals surface area contributed by atoms with Crippen molar-refractivity contribution in [3.05, 3.63) is 35.9 Å². The summed E-state index contributed by atoms with van der Waals surface area (Å²) in [5.41, 5.74) is 1.82. The summed E-state index contributed by atoms with van der Waals surface area (Å²) >= 11 is 3.74. The van der Waals surface area contributed by atoms with Crippen molar-refractivity contribution in [3.8, 4) is 0 Å². The predicted molar refractivity (Wildman–Crippen MR) is 66.8 cm³/mol. The molecule has 14 heavy (non-hydrogen) atoms. The highest BCUT2D eigenvalue weighted by Gasteiger charge is 2.14. The molecule has 0 saturated carbocycles. The minimum atomic E-state index is 0.431. The minimum absolute atomic E-state index is 0.431. The first-order chi connectivity index (χ1) is 6.49. The molecule has 0 N–H and O–H groups in total. The molecule has 0 nitrogen and oxygen atoms in total. The third kappa shape index (κ3) is 4.28. The lowest BCUT2D eigenvalue weighted by molar-refractivity contribution is 0.365. The minimum Gasteiger partial charge on any atom is -0.0839 e. The Bertz CT molecular complexity index is 258. The molecule has 0 aliphatic rings. The smallest absolute Gasteiger partial charge is 0.0395 e. The van der Waals surface area contributed by atoms with Crippen molar-refractivity contribution < 1.29 is 0 Å². The first-order valence-electron chi connectivity index (χ1n) is 5.18. The zero-order valence-electron chi connectivity index (χ0n) is 9.26. The number of benzene rings is 1. The highest BCUT2D eigenvalue weighted by molar-refractivity contribution is 9.09. The van der Waals surface area contributed by atoms with Crippen molar-refractivity contribution in [2.45, 2.75) is 38.4 Å². The maximum Gasteiger partial charge on any atom is 0.0395 e. The Kier molecular flexibility index (Phi) is 4.18. The van der Waals surface area contributed by atoms with Gasteiger partial charge in [0.2, 0.25) is 0 Å². The summed E-state index contributed by atoms with van der Waals surface area (Å²) in [5.74, 6) is 0. The van der Waals surface area contributed by atoms with E-state index in [0.717, 1.165) is 0 Å². The summed E-state index contributed by atoms with van der Waals surface area (Å²) < 4.78 is 0. The quantitative estimate of drug-likeness (QED) is 0.670. The van der Waals surface area contributed by atoms with Crippen LogP contribution in [0.5, 0.6) is 0 Å². The highest BCUT2D eigenvalue weighted by atomic mass is 79.9. The van der Waals surface area contributed by atoms with E-state index in [4.69, 9.17) is 0 Å². The molecule has 0 radical (unpaired) electrons. The van der Waals surface area contributed by atoms with Gasteiger partial charge in [0.25, 0.3) is 0 Å². The van der Waals surface area contributed by atoms with Crippen molar-refractivity contribution in [2.24, 2.45) is 5.41 Å². The molecule has 0 aromatic heterocycles. The van der Waals surface area contributed by atoms with Gasteiger partial charge in [0.1, 0.15) is 0 Å². The zero-order valence-corrected chi connectivity index (χ0v) is 10.8. The average molecular weight is 255 g/mol. The van der Waals surface area contributed by atoms with Gasteiger partial charge in [0.15, 0.2) is 0 Å². The first-order valence-corrected chi connectivity index (χ1v) is 6.10. The number of halogens is 1. The van der Waals surface area contributed by atoms with E-state index in [1.165, 1.54) is 18.4 Å². The molecule has 1 aromatic rings. The van der Waals surface area contributed by atoms with Gasteiger partial charge in [-0.15, -0.1) is 0 Å². The number of hydrogen-bond acceptors (Lipinski definition) is 0. The lowest BCUT2D eigenvalue weighted by Crippen LogP contribution is -2.05. The van der Waals surface area contributed by atoms with Gasteiger partial charge in [-0.1, -0.05) is 67.0 Å². The standard InChI is InChI=1S/C13H19Br/c1-13(2,3)10-9-12(14)11-7-5-4-6-8-11/h4-8,12H,9-10H2,1-3H3. The number of hydrogen-bond donors (Lipinski definition) is 0. The summed E-state index contributed by atoms with van der Waals surface area (Å²) in [6.07, 6.45) is 2.45. The molecule has 1 aromatic carbocycles. The summed E-state index contributed by atoms with van der Waals surface area (Å²) in [7, 11) is 0. The lowest BCUT2D eigenvalue weighted by atomic mass is 9.89. The van der Waals surface area contributed by atoms with Crippen LogP contribution in [-0.4, -0.2) is 0 Å². The van der Waals surface area contributed by atoms with Gasteiger partial charge in [-0.05, 0) is 23.8 Å². The van der Waals surface area contributed by atoms with Crippen LogP contribution in [-0.2, 0) is 0 Å². The van der Waals surface area contributed by atoms with Gasteiger partial charge >= 0.3 is 0 Å². The van der Waals surface area contributed by atoms with E-state index in [1.807, 2.05) is 0 Å². The Morgan fingerprint density at radius 2 is 1.71 bits per heavy atom. The molecule has 1 rings (SSSR count). The van der Waals surface area contributed by atoms with Crippen molar-refractivity contribution in [2.75, 3.05) is 0 Å². The summed E-state index contributed by atoms with van der Waals surface area (Å²) in [6, 6.07) is 10.6. The number of alkyl halides is 1. The van der Waals surface area contributed by atoms with Crippen LogP contribution in [0.15, 0.2) is 30.3 Å². The van der Waals surface area contributed by atoms with Crippen LogP contribution in [0.3, 0.4) is 0 Å². The largest absolute Gasteiger partial charge is 0.0839 e.